The summed E-state index contributed by atoms with van der Waals surface area (Å²) >= 11 is 17.4. The van der Waals surface area contributed by atoms with Crippen LogP contribution in [0.3, 0.4) is 0 Å². The smallest absolute Gasteiger partial charge is 0.282 e. The number of hydrogen-bond donors (Lipinski definition) is 1. The third-order valence-electron chi connectivity index (χ3n) is 2.10. The van der Waals surface area contributed by atoms with Crippen LogP contribution in [0.15, 0.2) is 23.1 Å². The van der Waals surface area contributed by atoms with E-state index in [1.165, 1.54) is 18.2 Å². The standard InChI is InChI=1S/C9H4Cl3NO3S/c10-6-4-2-1-3-5(17(14,15)16)8(4)13-9(12)7(6)11/h1-3H,(H,14,15,16). The van der Waals surface area contributed by atoms with Gasteiger partial charge in [-0.1, -0.05) is 46.9 Å². The minimum atomic E-state index is -4.40. The van der Waals surface area contributed by atoms with Crippen LogP contribution in [0.4, 0.5) is 0 Å². The van der Waals surface area contributed by atoms with Crippen LogP contribution in [0.1, 0.15) is 0 Å². The minimum Gasteiger partial charge on any atom is -0.282 e. The number of benzene rings is 1. The Balaban J connectivity index is 3.02. The van der Waals surface area contributed by atoms with Crippen LogP contribution < -0.4 is 0 Å². The highest BCUT2D eigenvalue weighted by Crippen LogP contribution is 2.36. The Hall–Kier alpha value is -0.590. The van der Waals surface area contributed by atoms with Crippen molar-refractivity contribution in [3.63, 3.8) is 0 Å². The molecule has 0 spiro atoms. The first kappa shape index (κ1) is 12.9. The summed E-state index contributed by atoms with van der Waals surface area (Å²) in [4.78, 5) is 3.45. The molecule has 2 rings (SSSR count). The molecule has 0 atom stereocenters. The fraction of sp³-hybridized carbons (Fsp3) is 0. The van der Waals surface area contributed by atoms with Gasteiger partial charge in [0, 0.05) is 5.39 Å². The van der Waals surface area contributed by atoms with Crippen LogP contribution in [0.2, 0.25) is 15.2 Å². The van der Waals surface area contributed by atoms with Crippen molar-refractivity contribution < 1.29 is 13.0 Å². The van der Waals surface area contributed by atoms with Crippen LogP contribution in [0.25, 0.3) is 10.9 Å². The third-order valence-corrected chi connectivity index (χ3v) is 4.21. The quantitative estimate of drug-likeness (QED) is 0.647. The molecule has 8 heteroatoms. The zero-order valence-corrected chi connectivity index (χ0v) is 11.1. The van der Waals surface area contributed by atoms with Crippen molar-refractivity contribution in [2.24, 2.45) is 0 Å². The highest BCUT2D eigenvalue weighted by Gasteiger charge is 2.19. The first-order valence-electron chi connectivity index (χ1n) is 4.23. The van der Waals surface area contributed by atoms with E-state index in [1.807, 2.05) is 0 Å². The molecule has 17 heavy (non-hydrogen) atoms. The van der Waals surface area contributed by atoms with Crippen LogP contribution in [0.5, 0.6) is 0 Å². The molecule has 0 aliphatic rings. The number of rotatable bonds is 1. The number of halogens is 3. The number of nitrogens with zero attached hydrogens (tertiary/aromatic N) is 1. The van der Waals surface area contributed by atoms with Gasteiger partial charge < -0.3 is 0 Å². The zero-order chi connectivity index (χ0) is 12.8. The predicted octanol–water partition coefficient (Wildman–Crippen LogP) is 3.44. The van der Waals surface area contributed by atoms with Crippen LogP contribution in [0, 0.1) is 0 Å². The maximum absolute atomic E-state index is 11.2. The molecule has 1 aromatic carbocycles. The van der Waals surface area contributed by atoms with E-state index >= 15 is 0 Å². The second-order valence-corrected chi connectivity index (χ2v) is 5.66. The Morgan fingerprint density at radius 3 is 2.35 bits per heavy atom. The molecule has 1 aromatic heterocycles. The molecule has 90 valence electrons. The lowest BCUT2D eigenvalue weighted by atomic mass is 10.2. The Labute approximate surface area is 112 Å². The molecule has 0 aliphatic heterocycles. The highest BCUT2D eigenvalue weighted by atomic mass is 35.5. The van der Waals surface area contributed by atoms with Gasteiger partial charge in [-0.3, -0.25) is 4.55 Å². The van der Waals surface area contributed by atoms with E-state index in [0.29, 0.717) is 5.39 Å². The topological polar surface area (TPSA) is 67.3 Å². The molecule has 1 heterocycles. The van der Waals surface area contributed by atoms with Crippen molar-refractivity contribution in [1.29, 1.82) is 0 Å². The molecular formula is C9H4Cl3NO3S. The summed E-state index contributed by atoms with van der Waals surface area (Å²) in [5.41, 5.74) is -0.0191. The van der Waals surface area contributed by atoms with Gasteiger partial charge in [0.05, 0.1) is 15.6 Å². The number of para-hydroxylation sites is 1. The van der Waals surface area contributed by atoms with Gasteiger partial charge in [-0.05, 0) is 6.07 Å². The summed E-state index contributed by atoms with van der Waals surface area (Å²) in [6.07, 6.45) is 0. The number of pyridine rings is 1. The van der Waals surface area contributed by atoms with Gasteiger partial charge in [-0.15, -0.1) is 0 Å². The summed E-state index contributed by atoms with van der Waals surface area (Å²) < 4.78 is 31.4. The largest absolute Gasteiger partial charge is 0.296 e. The fourth-order valence-electron chi connectivity index (χ4n) is 1.38. The van der Waals surface area contributed by atoms with E-state index in [1.54, 1.807) is 0 Å². The average Bonchev–Trinajstić information content (AvgIpc) is 2.24. The maximum Gasteiger partial charge on any atom is 0.296 e. The molecule has 4 nitrogen and oxygen atoms in total. The van der Waals surface area contributed by atoms with Crippen molar-refractivity contribution in [3.05, 3.63) is 33.4 Å². The Kier molecular flexibility index (Phi) is 3.22. The molecule has 0 fully saturated rings. The van der Waals surface area contributed by atoms with Crippen LogP contribution in [-0.4, -0.2) is 18.0 Å². The Morgan fingerprint density at radius 2 is 1.76 bits per heavy atom. The number of hydrogen-bond acceptors (Lipinski definition) is 3. The second-order valence-electron chi connectivity index (χ2n) is 3.16. The number of fused-ring (bicyclic) bond motifs is 1. The molecule has 1 N–H and O–H groups in total. The van der Waals surface area contributed by atoms with E-state index < -0.39 is 10.1 Å². The van der Waals surface area contributed by atoms with Crippen molar-refractivity contribution in [2.75, 3.05) is 0 Å². The molecule has 0 saturated carbocycles. The van der Waals surface area contributed by atoms with Gasteiger partial charge in [0.1, 0.15) is 10.0 Å². The summed E-state index contributed by atoms with van der Waals surface area (Å²) in [5, 5.41) is 0.303. The van der Waals surface area contributed by atoms with Crippen LogP contribution >= 0.6 is 34.8 Å². The van der Waals surface area contributed by atoms with Gasteiger partial charge >= 0.3 is 0 Å². The van der Waals surface area contributed by atoms with Gasteiger partial charge in [-0.25, -0.2) is 4.98 Å². The van der Waals surface area contributed by atoms with E-state index in [-0.39, 0.29) is 25.6 Å². The van der Waals surface area contributed by atoms with E-state index in [0.717, 1.165) is 0 Å². The first-order chi connectivity index (χ1) is 7.82. The molecular weight excluding hydrogens is 309 g/mol. The SMILES string of the molecule is O=S(=O)(O)c1cccc2c(Cl)c(Cl)c(Cl)nc12. The van der Waals surface area contributed by atoms with Crippen LogP contribution in [-0.2, 0) is 10.1 Å². The molecule has 0 saturated heterocycles. The highest BCUT2D eigenvalue weighted by molar-refractivity contribution is 7.86. The van der Waals surface area contributed by atoms with Crippen molar-refractivity contribution in [2.45, 2.75) is 4.90 Å². The normalized spacial score (nSPS) is 12.0. The van der Waals surface area contributed by atoms with E-state index in [9.17, 15) is 8.42 Å². The zero-order valence-electron chi connectivity index (χ0n) is 7.99. The summed E-state index contributed by atoms with van der Waals surface area (Å²) in [7, 11) is -4.40. The summed E-state index contributed by atoms with van der Waals surface area (Å²) in [5.74, 6) is 0. The van der Waals surface area contributed by atoms with Gasteiger partial charge in [0.25, 0.3) is 10.1 Å². The summed E-state index contributed by atoms with van der Waals surface area (Å²) in [6, 6.07) is 4.15. The monoisotopic (exact) mass is 311 g/mol. The Bertz CT molecular complexity index is 715. The van der Waals surface area contributed by atoms with E-state index in [4.69, 9.17) is 39.4 Å². The maximum atomic E-state index is 11.2. The van der Waals surface area contributed by atoms with E-state index in [2.05, 4.69) is 4.98 Å². The predicted molar refractivity (Wildman–Crippen MR) is 66.6 cm³/mol. The molecule has 2 aromatic rings. The third kappa shape index (κ3) is 2.21. The minimum absolute atomic E-state index is 0.0191. The lowest BCUT2D eigenvalue weighted by Crippen LogP contribution is -2.00. The van der Waals surface area contributed by atoms with Gasteiger partial charge in [0.15, 0.2) is 0 Å². The molecule has 0 aliphatic carbocycles. The molecule has 0 radical (unpaired) electrons. The first-order valence-corrected chi connectivity index (χ1v) is 6.80. The lowest BCUT2D eigenvalue weighted by Gasteiger charge is -2.06. The fourth-order valence-corrected chi connectivity index (χ4v) is 2.64. The van der Waals surface area contributed by atoms with Crippen molar-refractivity contribution >= 4 is 55.8 Å². The van der Waals surface area contributed by atoms with Crippen molar-refractivity contribution in [3.8, 4) is 0 Å². The summed E-state index contributed by atoms with van der Waals surface area (Å²) in [6.45, 7) is 0. The molecule has 0 bridgehead atoms. The molecule has 0 amide bonds. The van der Waals surface area contributed by atoms with Gasteiger partial charge in [0.2, 0.25) is 0 Å². The Morgan fingerprint density at radius 1 is 1.12 bits per heavy atom. The molecule has 0 unspecified atom stereocenters. The van der Waals surface area contributed by atoms with Crippen molar-refractivity contribution in [1.82, 2.24) is 4.98 Å². The van der Waals surface area contributed by atoms with Gasteiger partial charge in [-0.2, -0.15) is 8.42 Å². The average molecular weight is 313 g/mol. The second kappa shape index (κ2) is 4.26. The lowest BCUT2D eigenvalue weighted by molar-refractivity contribution is 0.484. The number of aromatic nitrogens is 1.